The lowest BCUT2D eigenvalue weighted by atomic mass is 10.0. The van der Waals surface area contributed by atoms with E-state index in [1.54, 1.807) is 8.61 Å². The fraction of sp³-hybridized carbons (Fsp3) is 1.00. The summed E-state index contributed by atoms with van der Waals surface area (Å²) in [5, 5.41) is 3.31. The maximum absolute atomic E-state index is 12.7. The standard InChI is InChI=1S/C12H23N3O2S/c1-10-3-2-5-14(9-10)18(16,17)15-6-4-11-7-13-8-12(11)15/h10-13H,2-9H2,1H3/t10?,11-,12+/m1/s1. The van der Waals surface area contributed by atoms with Crippen LogP contribution in [0.2, 0.25) is 0 Å². The van der Waals surface area contributed by atoms with Gasteiger partial charge in [-0.3, -0.25) is 0 Å². The molecule has 3 atom stereocenters. The van der Waals surface area contributed by atoms with E-state index in [1.165, 1.54) is 0 Å². The third kappa shape index (κ3) is 2.09. The molecule has 0 spiro atoms. The van der Waals surface area contributed by atoms with E-state index >= 15 is 0 Å². The number of hydrogen-bond acceptors (Lipinski definition) is 3. The highest BCUT2D eigenvalue weighted by atomic mass is 32.2. The lowest BCUT2D eigenvalue weighted by molar-refractivity contribution is 0.253. The molecule has 1 N–H and O–H groups in total. The van der Waals surface area contributed by atoms with Crippen molar-refractivity contribution < 1.29 is 8.42 Å². The molecule has 3 heterocycles. The number of nitrogens with one attached hydrogen (secondary N) is 1. The van der Waals surface area contributed by atoms with Gasteiger partial charge in [-0.2, -0.15) is 17.0 Å². The summed E-state index contributed by atoms with van der Waals surface area (Å²) in [5.41, 5.74) is 0. The van der Waals surface area contributed by atoms with Gasteiger partial charge in [-0.25, -0.2) is 0 Å². The van der Waals surface area contributed by atoms with E-state index < -0.39 is 10.2 Å². The van der Waals surface area contributed by atoms with Crippen LogP contribution in [0, 0.1) is 11.8 Å². The van der Waals surface area contributed by atoms with Gasteiger partial charge in [-0.05, 0) is 37.6 Å². The number of hydrogen-bond donors (Lipinski definition) is 1. The molecular weight excluding hydrogens is 250 g/mol. The van der Waals surface area contributed by atoms with Crippen molar-refractivity contribution in [3.05, 3.63) is 0 Å². The molecule has 18 heavy (non-hydrogen) atoms. The summed E-state index contributed by atoms with van der Waals surface area (Å²) in [6.45, 7) is 6.06. The summed E-state index contributed by atoms with van der Waals surface area (Å²) < 4.78 is 28.9. The molecule has 0 radical (unpaired) electrons. The third-order valence-electron chi connectivity index (χ3n) is 4.64. The summed E-state index contributed by atoms with van der Waals surface area (Å²) in [7, 11) is -3.22. The summed E-state index contributed by atoms with van der Waals surface area (Å²) in [4.78, 5) is 0. The summed E-state index contributed by atoms with van der Waals surface area (Å²) in [6.07, 6.45) is 3.17. The molecule has 3 aliphatic rings. The van der Waals surface area contributed by atoms with Gasteiger partial charge in [-0.1, -0.05) is 6.92 Å². The average molecular weight is 273 g/mol. The van der Waals surface area contributed by atoms with E-state index in [4.69, 9.17) is 0 Å². The van der Waals surface area contributed by atoms with E-state index in [2.05, 4.69) is 12.2 Å². The highest BCUT2D eigenvalue weighted by Gasteiger charge is 2.45. The van der Waals surface area contributed by atoms with Gasteiger partial charge in [-0.15, -0.1) is 0 Å². The Morgan fingerprint density at radius 2 is 2.00 bits per heavy atom. The maximum Gasteiger partial charge on any atom is 0.282 e. The predicted octanol–water partition coefficient (Wildman–Crippen LogP) is 0.257. The van der Waals surface area contributed by atoms with Gasteiger partial charge in [0.1, 0.15) is 0 Å². The first kappa shape index (κ1) is 12.8. The molecule has 0 aliphatic carbocycles. The van der Waals surface area contributed by atoms with Crippen molar-refractivity contribution >= 4 is 10.2 Å². The Morgan fingerprint density at radius 1 is 1.17 bits per heavy atom. The number of piperidine rings is 1. The summed E-state index contributed by atoms with van der Waals surface area (Å²) in [5.74, 6) is 1.02. The molecule has 3 saturated heterocycles. The van der Waals surface area contributed by atoms with Gasteiger partial charge in [0, 0.05) is 32.2 Å². The second-order valence-electron chi connectivity index (χ2n) is 6.00. The number of rotatable bonds is 2. The van der Waals surface area contributed by atoms with Gasteiger partial charge < -0.3 is 5.32 Å². The minimum atomic E-state index is -3.22. The first-order valence-corrected chi connectivity index (χ1v) is 8.46. The van der Waals surface area contributed by atoms with Crippen LogP contribution in [-0.4, -0.2) is 55.8 Å². The zero-order chi connectivity index (χ0) is 12.8. The zero-order valence-electron chi connectivity index (χ0n) is 11.0. The lowest BCUT2D eigenvalue weighted by Crippen LogP contribution is -2.50. The molecule has 3 fully saturated rings. The highest BCUT2D eigenvalue weighted by Crippen LogP contribution is 2.32. The van der Waals surface area contributed by atoms with E-state index in [1.807, 2.05) is 0 Å². The van der Waals surface area contributed by atoms with E-state index in [0.717, 1.165) is 32.4 Å². The van der Waals surface area contributed by atoms with Crippen LogP contribution in [0.3, 0.4) is 0 Å². The van der Waals surface area contributed by atoms with E-state index in [9.17, 15) is 8.42 Å². The molecule has 104 valence electrons. The SMILES string of the molecule is CC1CCCN(S(=O)(=O)N2CC[C@@H]3CNC[C@@H]32)C1. The normalized spacial score (nSPS) is 39.1. The smallest absolute Gasteiger partial charge is 0.282 e. The molecule has 0 aromatic rings. The lowest BCUT2D eigenvalue weighted by Gasteiger charge is -2.34. The Morgan fingerprint density at radius 3 is 2.78 bits per heavy atom. The van der Waals surface area contributed by atoms with Gasteiger partial charge in [0.25, 0.3) is 10.2 Å². The van der Waals surface area contributed by atoms with Crippen molar-refractivity contribution in [1.29, 1.82) is 0 Å². The molecule has 0 amide bonds. The van der Waals surface area contributed by atoms with Crippen LogP contribution >= 0.6 is 0 Å². The third-order valence-corrected chi connectivity index (χ3v) is 6.67. The zero-order valence-corrected chi connectivity index (χ0v) is 11.8. The van der Waals surface area contributed by atoms with Gasteiger partial charge in [0.2, 0.25) is 0 Å². The van der Waals surface area contributed by atoms with E-state index in [0.29, 0.717) is 31.5 Å². The quantitative estimate of drug-likeness (QED) is 0.785. The predicted molar refractivity (Wildman–Crippen MR) is 70.4 cm³/mol. The van der Waals surface area contributed by atoms with Crippen molar-refractivity contribution in [1.82, 2.24) is 13.9 Å². The second-order valence-corrected chi connectivity index (χ2v) is 7.88. The summed E-state index contributed by atoms with van der Waals surface area (Å²) >= 11 is 0. The van der Waals surface area contributed by atoms with Crippen LogP contribution < -0.4 is 5.32 Å². The molecule has 6 heteroatoms. The minimum Gasteiger partial charge on any atom is -0.315 e. The van der Waals surface area contributed by atoms with Crippen molar-refractivity contribution in [2.45, 2.75) is 32.2 Å². The van der Waals surface area contributed by atoms with Crippen molar-refractivity contribution in [3.8, 4) is 0 Å². The van der Waals surface area contributed by atoms with Crippen LogP contribution in [0.15, 0.2) is 0 Å². The number of fused-ring (bicyclic) bond motifs is 1. The fourth-order valence-corrected chi connectivity index (χ4v) is 5.62. The average Bonchev–Trinajstić information content (AvgIpc) is 2.90. The topological polar surface area (TPSA) is 52.7 Å². The largest absolute Gasteiger partial charge is 0.315 e. The molecule has 3 rings (SSSR count). The van der Waals surface area contributed by atoms with Crippen LogP contribution in [0.4, 0.5) is 0 Å². The molecule has 0 saturated carbocycles. The van der Waals surface area contributed by atoms with Crippen LogP contribution in [0.25, 0.3) is 0 Å². The Labute approximate surface area is 110 Å². The monoisotopic (exact) mass is 273 g/mol. The van der Waals surface area contributed by atoms with E-state index in [-0.39, 0.29) is 6.04 Å². The Bertz CT molecular complexity index is 412. The number of nitrogens with zero attached hydrogens (tertiary/aromatic N) is 2. The van der Waals surface area contributed by atoms with Crippen molar-refractivity contribution in [2.75, 3.05) is 32.7 Å². The van der Waals surface area contributed by atoms with Crippen LogP contribution in [-0.2, 0) is 10.2 Å². The first-order valence-electron chi connectivity index (χ1n) is 7.06. The Kier molecular flexibility index (Phi) is 3.38. The second kappa shape index (κ2) is 4.74. The molecule has 0 aromatic heterocycles. The van der Waals surface area contributed by atoms with Gasteiger partial charge in [0.05, 0.1) is 0 Å². The van der Waals surface area contributed by atoms with Crippen molar-refractivity contribution in [2.24, 2.45) is 11.8 Å². The highest BCUT2D eigenvalue weighted by molar-refractivity contribution is 7.86. The molecule has 3 aliphatic heterocycles. The van der Waals surface area contributed by atoms with Crippen LogP contribution in [0.1, 0.15) is 26.2 Å². The first-order chi connectivity index (χ1) is 8.59. The Hall–Kier alpha value is -0.170. The summed E-state index contributed by atoms with van der Waals surface area (Å²) in [6, 6.07) is 0.201. The maximum atomic E-state index is 12.7. The molecular formula is C12H23N3O2S. The minimum absolute atomic E-state index is 0.201. The molecule has 0 bridgehead atoms. The van der Waals surface area contributed by atoms with Gasteiger partial charge >= 0.3 is 0 Å². The molecule has 1 unspecified atom stereocenters. The molecule has 0 aromatic carbocycles. The molecule has 5 nitrogen and oxygen atoms in total. The Balaban J connectivity index is 1.77. The fourth-order valence-electron chi connectivity index (χ4n) is 3.60. The van der Waals surface area contributed by atoms with Crippen molar-refractivity contribution in [3.63, 3.8) is 0 Å². The van der Waals surface area contributed by atoms with Gasteiger partial charge in [0.15, 0.2) is 0 Å². The van der Waals surface area contributed by atoms with Crippen LogP contribution in [0.5, 0.6) is 0 Å².